The second-order valence-electron chi connectivity index (χ2n) is 5.87. The van der Waals surface area contributed by atoms with Crippen LogP contribution in [0.5, 0.6) is 0 Å². The number of rotatable bonds is 5. The fourth-order valence-electron chi connectivity index (χ4n) is 3.22. The highest BCUT2D eigenvalue weighted by Crippen LogP contribution is 2.24. The SMILES string of the molecule is CC1OCCC1NC[C@@H]1C[C@H](F)CN1Cc1cccs1. The van der Waals surface area contributed by atoms with Crippen LogP contribution in [-0.2, 0) is 11.3 Å². The van der Waals surface area contributed by atoms with E-state index < -0.39 is 6.17 Å². The van der Waals surface area contributed by atoms with E-state index in [4.69, 9.17) is 4.74 Å². The molecule has 1 N–H and O–H groups in total. The van der Waals surface area contributed by atoms with Gasteiger partial charge >= 0.3 is 0 Å². The zero-order chi connectivity index (χ0) is 13.9. The normalized spacial score (nSPS) is 34.9. The second kappa shape index (κ2) is 6.52. The van der Waals surface area contributed by atoms with Gasteiger partial charge in [0.1, 0.15) is 6.17 Å². The lowest BCUT2D eigenvalue weighted by molar-refractivity contribution is 0.111. The number of thiophene rings is 1. The Labute approximate surface area is 124 Å². The zero-order valence-electron chi connectivity index (χ0n) is 11.9. The van der Waals surface area contributed by atoms with E-state index in [9.17, 15) is 4.39 Å². The number of alkyl halides is 1. The van der Waals surface area contributed by atoms with Crippen LogP contribution >= 0.6 is 11.3 Å². The summed E-state index contributed by atoms with van der Waals surface area (Å²) >= 11 is 1.75. The van der Waals surface area contributed by atoms with E-state index in [0.29, 0.717) is 25.0 Å². The molecule has 4 atom stereocenters. The van der Waals surface area contributed by atoms with Crippen LogP contribution in [0.4, 0.5) is 4.39 Å². The first-order valence-electron chi connectivity index (χ1n) is 7.48. The van der Waals surface area contributed by atoms with Crippen molar-refractivity contribution in [1.82, 2.24) is 10.2 Å². The number of likely N-dealkylation sites (tertiary alicyclic amines) is 1. The Morgan fingerprint density at radius 2 is 2.45 bits per heavy atom. The summed E-state index contributed by atoms with van der Waals surface area (Å²) < 4.78 is 19.3. The molecule has 2 fully saturated rings. The fourth-order valence-corrected chi connectivity index (χ4v) is 3.95. The van der Waals surface area contributed by atoms with E-state index in [0.717, 1.165) is 26.1 Å². The van der Waals surface area contributed by atoms with Crippen molar-refractivity contribution < 1.29 is 9.13 Å². The predicted octanol–water partition coefficient (Wildman–Crippen LogP) is 2.43. The average molecular weight is 298 g/mol. The first kappa shape index (κ1) is 14.4. The maximum absolute atomic E-state index is 13.7. The van der Waals surface area contributed by atoms with Gasteiger partial charge in [-0.3, -0.25) is 4.90 Å². The molecular weight excluding hydrogens is 275 g/mol. The topological polar surface area (TPSA) is 24.5 Å². The van der Waals surface area contributed by atoms with Crippen LogP contribution in [0, 0.1) is 0 Å². The molecular formula is C15H23FN2OS. The Hall–Kier alpha value is -0.490. The van der Waals surface area contributed by atoms with Crippen molar-refractivity contribution >= 4 is 11.3 Å². The highest BCUT2D eigenvalue weighted by Gasteiger charge is 2.33. The van der Waals surface area contributed by atoms with Crippen molar-refractivity contribution in [2.45, 2.75) is 50.7 Å². The Balaban J connectivity index is 1.53. The summed E-state index contributed by atoms with van der Waals surface area (Å²) in [6, 6.07) is 4.93. The standard InChI is InChI=1S/C15H23FN2OS/c1-11-15(4-5-19-11)17-8-13-7-12(16)9-18(13)10-14-3-2-6-20-14/h2-3,6,11-13,15,17H,4-5,7-10H2,1H3/t11?,12-,13-,15?/m0/s1. The van der Waals surface area contributed by atoms with Gasteiger partial charge in [-0.15, -0.1) is 11.3 Å². The van der Waals surface area contributed by atoms with Gasteiger partial charge in [-0.05, 0) is 31.2 Å². The van der Waals surface area contributed by atoms with Crippen LogP contribution < -0.4 is 5.32 Å². The molecule has 0 aromatic carbocycles. The largest absolute Gasteiger partial charge is 0.377 e. The quantitative estimate of drug-likeness (QED) is 0.903. The molecule has 0 saturated carbocycles. The molecule has 3 nitrogen and oxygen atoms in total. The van der Waals surface area contributed by atoms with E-state index in [-0.39, 0.29) is 6.10 Å². The van der Waals surface area contributed by atoms with E-state index in [2.05, 4.69) is 34.7 Å². The fraction of sp³-hybridized carbons (Fsp3) is 0.733. The van der Waals surface area contributed by atoms with Crippen molar-refractivity contribution in [2.24, 2.45) is 0 Å². The van der Waals surface area contributed by atoms with Gasteiger partial charge in [-0.2, -0.15) is 0 Å². The van der Waals surface area contributed by atoms with Gasteiger partial charge < -0.3 is 10.1 Å². The molecule has 20 heavy (non-hydrogen) atoms. The lowest BCUT2D eigenvalue weighted by Gasteiger charge is -2.26. The molecule has 5 heteroatoms. The van der Waals surface area contributed by atoms with Gasteiger partial charge in [0, 0.05) is 43.2 Å². The molecule has 0 amide bonds. The third-order valence-corrected chi connectivity index (χ3v) is 5.27. The highest BCUT2D eigenvalue weighted by molar-refractivity contribution is 7.09. The lowest BCUT2D eigenvalue weighted by atomic mass is 10.1. The Bertz CT molecular complexity index is 414. The third-order valence-electron chi connectivity index (χ3n) is 4.41. The molecule has 112 valence electrons. The minimum absolute atomic E-state index is 0.281. The number of ether oxygens (including phenoxy) is 1. The van der Waals surface area contributed by atoms with E-state index >= 15 is 0 Å². The van der Waals surface area contributed by atoms with Crippen LogP contribution in [-0.4, -0.2) is 49.0 Å². The highest BCUT2D eigenvalue weighted by atomic mass is 32.1. The van der Waals surface area contributed by atoms with Gasteiger partial charge in [0.2, 0.25) is 0 Å². The van der Waals surface area contributed by atoms with Crippen molar-refractivity contribution in [3.8, 4) is 0 Å². The molecule has 2 aliphatic heterocycles. The maximum Gasteiger partial charge on any atom is 0.114 e. The molecule has 1 aromatic heterocycles. The molecule has 1 aromatic rings. The minimum atomic E-state index is -0.681. The number of nitrogens with one attached hydrogen (secondary N) is 1. The molecule has 3 heterocycles. The Morgan fingerprint density at radius 1 is 1.55 bits per heavy atom. The summed E-state index contributed by atoms with van der Waals surface area (Å²) in [7, 11) is 0. The summed E-state index contributed by atoms with van der Waals surface area (Å²) in [5.41, 5.74) is 0. The predicted molar refractivity (Wildman–Crippen MR) is 79.9 cm³/mol. The van der Waals surface area contributed by atoms with Crippen molar-refractivity contribution in [3.63, 3.8) is 0 Å². The minimum Gasteiger partial charge on any atom is -0.377 e. The number of halogens is 1. The van der Waals surface area contributed by atoms with Crippen LogP contribution in [0.1, 0.15) is 24.6 Å². The molecule has 0 spiro atoms. The average Bonchev–Trinajstić information content (AvgIpc) is 3.11. The van der Waals surface area contributed by atoms with Gasteiger partial charge in [-0.1, -0.05) is 6.07 Å². The number of hydrogen-bond acceptors (Lipinski definition) is 4. The van der Waals surface area contributed by atoms with Gasteiger partial charge in [0.15, 0.2) is 0 Å². The molecule has 2 aliphatic rings. The zero-order valence-corrected chi connectivity index (χ0v) is 12.7. The summed E-state index contributed by atoms with van der Waals surface area (Å²) in [5.74, 6) is 0. The van der Waals surface area contributed by atoms with Crippen LogP contribution in [0.2, 0.25) is 0 Å². The molecule has 2 unspecified atom stereocenters. The monoisotopic (exact) mass is 298 g/mol. The van der Waals surface area contributed by atoms with Crippen LogP contribution in [0.3, 0.4) is 0 Å². The van der Waals surface area contributed by atoms with Gasteiger partial charge in [0.05, 0.1) is 6.10 Å². The number of nitrogens with zero attached hydrogens (tertiary/aromatic N) is 1. The first-order valence-corrected chi connectivity index (χ1v) is 8.36. The van der Waals surface area contributed by atoms with Crippen molar-refractivity contribution in [3.05, 3.63) is 22.4 Å². The molecule has 3 rings (SSSR count). The summed E-state index contributed by atoms with van der Waals surface area (Å²) in [6.07, 6.45) is 1.32. The van der Waals surface area contributed by atoms with Gasteiger partial charge in [0.25, 0.3) is 0 Å². The molecule has 2 saturated heterocycles. The second-order valence-corrected chi connectivity index (χ2v) is 6.91. The molecule has 0 aliphatic carbocycles. The van der Waals surface area contributed by atoms with Crippen LogP contribution in [0.15, 0.2) is 17.5 Å². The third kappa shape index (κ3) is 3.39. The summed E-state index contributed by atoms with van der Waals surface area (Å²) in [5, 5.41) is 5.66. The van der Waals surface area contributed by atoms with E-state index in [1.54, 1.807) is 11.3 Å². The Morgan fingerprint density at radius 3 is 3.15 bits per heavy atom. The van der Waals surface area contributed by atoms with E-state index in [1.807, 2.05) is 0 Å². The first-order chi connectivity index (χ1) is 9.72. The smallest absolute Gasteiger partial charge is 0.114 e. The van der Waals surface area contributed by atoms with Gasteiger partial charge in [-0.25, -0.2) is 4.39 Å². The lowest BCUT2D eigenvalue weighted by Crippen LogP contribution is -2.43. The number of hydrogen-bond donors (Lipinski definition) is 1. The molecule has 0 bridgehead atoms. The molecule has 0 radical (unpaired) electrons. The van der Waals surface area contributed by atoms with Crippen molar-refractivity contribution in [1.29, 1.82) is 0 Å². The van der Waals surface area contributed by atoms with E-state index in [1.165, 1.54) is 4.88 Å². The maximum atomic E-state index is 13.7. The van der Waals surface area contributed by atoms with Crippen molar-refractivity contribution in [2.75, 3.05) is 19.7 Å². The Kier molecular flexibility index (Phi) is 4.71. The summed E-state index contributed by atoms with van der Waals surface area (Å²) in [4.78, 5) is 3.60. The summed E-state index contributed by atoms with van der Waals surface area (Å²) in [6.45, 7) is 5.26. The van der Waals surface area contributed by atoms with Crippen LogP contribution in [0.25, 0.3) is 0 Å².